The van der Waals surface area contributed by atoms with E-state index in [1.807, 2.05) is 0 Å². The molecule has 2 aromatic carbocycles. The van der Waals surface area contributed by atoms with Crippen molar-refractivity contribution in [3.05, 3.63) is 77.5 Å². The number of hydrogen-bond acceptors (Lipinski definition) is 2. The third-order valence-corrected chi connectivity index (χ3v) is 4.28. The van der Waals surface area contributed by atoms with Crippen LogP contribution < -0.4 is 4.90 Å². The fourth-order valence-corrected chi connectivity index (χ4v) is 3.21. The molecule has 1 atom stereocenters. The first-order valence-electron chi connectivity index (χ1n) is 7.68. The summed E-state index contributed by atoms with van der Waals surface area (Å²) in [5.41, 5.74) is 4.90. The van der Waals surface area contributed by atoms with Crippen LogP contribution in [0.2, 0.25) is 0 Å². The van der Waals surface area contributed by atoms with Gasteiger partial charge in [0.1, 0.15) is 5.82 Å². The van der Waals surface area contributed by atoms with E-state index >= 15 is 0 Å². The number of aromatic nitrogens is 2. The van der Waals surface area contributed by atoms with Crippen molar-refractivity contribution in [3.63, 3.8) is 0 Å². The van der Waals surface area contributed by atoms with Gasteiger partial charge in [0.25, 0.3) is 0 Å². The number of rotatable bonds is 2. The minimum atomic E-state index is 0.298. The summed E-state index contributed by atoms with van der Waals surface area (Å²) in [6.45, 7) is 5.06. The molecule has 1 aromatic heterocycles. The van der Waals surface area contributed by atoms with E-state index in [9.17, 15) is 0 Å². The van der Waals surface area contributed by atoms with Gasteiger partial charge in [0.05, 0.1) is 18.3 Å². The van der Waals surface area contributed by atoms with Crippen LogP contribution in [-0.2, 0) is 6.54 Å². The van der Waals surface area contributed by atoms with Crippen molar-refractivity contribution in [2.75, 3.05) is 4.90 Å². The van der Waals surface area contributed by atoms with Crippen molar-refractivity contribution in [2.45, 2.75) is 26.4 Å². The van der Waals surface area contributed by atoms with Gasteiger partial charge in [-0.05, 0) is 31.5 Å². The van der Waals surface area contributed by atoms with Crippen molar-refractivity contribution < 1.29 is 0 Å². The quantitative estimate of drug-likeness (QED) is 0.697. The Labute approximate surface area is 130 Å². The van der Waals surface area contributed by atoms with E-state index in [0.29, 0.717) is 6.04 Å². The van der Waals surface area contributed by atoms with Gasteiger partial charge in [-0.2, -0.15) is 5.10 Å². The van der Waals surface area contributed by atoms with Gasteiger partial charge >= 0.3 is 0 Å². The Morgan fingerprint density at radius 2 is 1.68 bits per heavy atom. The first-order chi connectivity index (χ1) is 10.7. The summed E-state index contributed by atoms with van der Waals surface area (Å²) >= 11 is 0. The van der Waals surface area contributed by atoms with Gasteiger partial charge < -0.3 is 4.90 Å². The zero-order valence-electron chi connectivity index (χ0n) is 12.9. The maximum Gasteiger partial charge on any atom is 0.132 e. The number of fused-ring (bicyclic) bond motifs is 1. The van der Waals surface area contributed by atoms with Gasteiger partial charge in [-0.25, -0.2) is 4.68 Å². The van der Waals surface area contributed by atoms with E-state index in [2.05, 4.69) is 89.2 Å². The Bertz CT molecular complexity index is 787. The lowest BCUT2D eigenvalue weighted by molar-refractivity contribution is 0.594. The molecule has 0 saturated carbocycles. The van der Waals surface area contributed by atoms with Gasteiger partial charge in [-0.1, -0.05) is 48.0 Å². The Morgan fingerprint density at radius 3 is 2.41 bits per heavy atom. The predicted octanol–water partition coefficient (Wildman–Crippen LogP) is 4.39. The van der Waals surface area contributed by atoms with Crippen molar-refractivity contribution >= 4 is 11.5 Å². The van der Waals surface area contributed by atoms with E-state index in [-0.39, 0.29) is 0 Å². The molecule has 0 spiro atoms. The van der Waals surface area contributed by atoms with Crippen LogP contribution in [0, 0.1) is 13.8 Å². The minimum absolute atomic E-state index is 0.298. The molecule has 110 valence electrons. The molecule has 3 heteroatoms. The average Bonchev–Trinajstić information content (AvgIpc) is 3.05. The number of anilines is 2. The number of nitrogens with zero attached hydrogens (tertiary/aromatic N) is 3. The SMILES string of the molecule is Cc1ccc(N2c3cc(C)nn3CC2c2ccccc2)cc1. The molecule has 3 aromatic rings. The fraction of sp³-hybridized carbons (Fsp3) is 0.211. The van der Waals surface area contributed by atoms with Crippen molar-refractivity contribution in [2.24, 2.45) is 0 Å². The van der Waals surface area contributed by atoms with E-state index < -0.39 is 0 Å². The Kier molecular flexibility index (Phi) is 3.00. The van der Waals surface area contributed by atoms with Gasteiger partial charge in [-0.15, -0.1) is 0 Å². The molecule has 0 bridgehead atoms. The Balaban J connectivity index is 1.82. The van der Waals surface area contributed by atoms with Crippen LogP contribution in [0.3, 0.4) is 0 Å². The lowest BCUT2D eigenvalue weighted by Gasteiger charge is -2.26. The lowest BCUT2D eigenvalue weighted by Crippen LogP contribution is -2.19. The van der Waals surface area contributed by atoms with Crippen LogP contribution in [0.15, 0.2) is 60.7 Å². The molecule has 22 heavy (non-hydrogen) atoms. The number of benzene rings is 2. The Hall–Kier alpha value is -2.55. The van der Waals surface area contributed by atoms with Crippen LogP contribution in [0.5, 0.6) is 0 Å². The lowest BCUT2D eigenvalue weighted by atomic mass is 10.1. The fourth-order valence-electron chi connectivity index (χ4n) is 3.21. The zero-order valence-corrected chi connectivity index (χ0v) is 12.9. The van der Waals surface area contributed by atoms with Crippen LogP contribution >= 0.6 is 0 Å². The first kappa shape index (κ1) is 13.1. The molecule has 0 N–H and O–H groups in total. The highest BCUT2D eigenvalue weighted by Crippen LogP contribution is 2.41. The van der Waals surface area contributed by atoms with Crippen LogP contribution in [-0.4, -0.2) is 9.78 Å². The third kappa shape index (κ3) is 2.10. The molecule has 2 heterocycles. The number of aryl methyl sites for hydroxylation is 2. The second-order valence-corrected chi connectivity index (χ2v) is 5.96. The molecule has 4 rings (SSSR count). The maximum absolute atomic E-state index is 4.64. The van der Waals surface area contributed by atoms with Crippen LogP contribution in [0.1, 0.15) is 22.9 Å². The van der Waals surface area contributed by atoms with Crippen LogP contribution in [0.25, 0.3) is 0 Å². The van der Waals surface area contributed by atoms with Gasteiger partial charge in [0, 0.05) is 11.8 Å². The van der Waals surface area contributed by atoms with Gasteiger partial charge in [0.15, 0.2) is 0 Å². The van der Waals surface area contributed by atoms with Crippen molar-refractivity contribution in [1.29, 1.82) is 0 Å². The molecule has 0 radical (unpaired) electrons. The summed E-state index contributed by atoms with van der Waals surface area (Å²) in [7, 11) is 0. The molecule has 3 nitrogen and oxygen atoms in total. The largest absolute Gasteiger partial charge is 0.317 e. The summed E-state index contributed by atoms with van der Waals surface area (Å²) in [5, 5.41) is 4.64. The summed E-state index contributed by atoms with van der Waals surface area (Å²) in [5.74, 6) is 1.18. The second-order valence-electron chi connectivity index (χ2n) is 5.96. The minimum Gasteiger partial charge on any atom is -0.317 e. The normalized spacial score (nSPS) is 16.8. The molecular formula is C19H19N3. The predicted molar refractivity (Wildman–Crippen MR) is 89.5 cm³/mol. The zero-order chi connectivity index (χ0) is 15.1. The third-order valence-electron chi connectivity index (χ3n) is 4.28. The summed E-state index contributed by atoms with van der Waals surface area (Å²) in [4.78, 5) is 2.40. The monoisotopic (exact) mass is 289 g/mol. The first-order valence-corrected chi connectivity index (χ1v) is 7.68. The molecule has 1 aliphatic rings. The van der Waals surface area contributed by atoms with Gasteiger partial charge in [0.2, 0.25) is 0 Å². The average molecular weight is 289 g/mol. The summed E-state index contributed by atoms with van der Waals surface area (Å²) in [6, 6.07) is 21.9. The summed E-state index contributed by atoms with van der Waals surface area (Å²) < 4.78 is 2.12. The van der Waals surface area contributed by atoms with E-state index in [1.54, 1.807) is 0 Å². The van der Waals surface area contributed by atoms with E-state index in [0.717, 1.165) is 12.2 Å². The highest BCUT2D eigenvalue weighted by Gasteiger charge is 2.32. The molecular weight excluding hydrogens is 270 g/mol. The van der Waals surface area contributed by atoms with Gasteiger partial charge in [-0.3, -0.25) is 0 Å². The van der Waals surface area contributed by atoms with E-state index in [4.69, 9.17) is 0 Å². The van der Waals surface area contributed by atoms with Crippen molar-refractivity contribution in [3.8, 4) is 0 Å². The standard InChI is InChI=1S/C19H19N3/c1-14-8-10-17(11-9-14)22-18(16-6-4-3-5-7-16)13-21-19(22)12-15(2)20-21/h3-12,18H,13H2,1-2H3. The van der Waals surface area contributed by atoms with Crippen LogP contribution in [0.4, 0.5) is 11.5 Å². The maximum atomic E-state index is 4.64. The molecule has 0 amide bonds. The smallest absolute Gasteiger partial charge is 0.132 e. The van der Waals surface area contributed by atoms with E-state index in [1.165, 1.54) is 22.6 Å². The molecule has 0 aliphatic carbocycles. The second kappa shape index (κ2) is 5.02. The summed E-state index contributed by atoms with van der Waals surface area (Å²) in [6.07, 6.45) is 0. The van der Waals surface area contributed by atoms with Crippen molar-refractivity contribution in [1.82, 2.24) is 9.78 Å². The Morgan fingerprint density at radius 1 is 0.955 bits per heavy atom. The number of hydrogen-bond donors (Lipinski definition) is 0. The molecule has 1 unspecified atom stereocenters. The topological polar surface area (TPSA) is 21.1 Å². The highest BCUT2D eigenvalue weighted by molar-refractivity contribution is 5.65. The highest BCUT2D eigenvalue weighted by atomic mass is 15.4. The molecule has 0 saturated heterocycles. The molecule has 0 fully saturated rings. The molecule has 1 aliphatic heterocycles.